The van der Waals surface area contributed by atoms with E-state index in [4.69, 9.17) is 14.1 Å². The molecule has 2 aliphatic heterocycles. The van der Waals surface area contributed by atoms with Gasteiger partial charge in [-0.25, -0.2) is 0 Å². The lowest BCUT2D eigenvalue weighted by molar-refractivity contribution is 0.00578. The number of rotatable bonds is 2. The minimum atomic E-state index is -0.418. The first-order valence-electron chi connectivity index (χ1n) is 6.59. The van der Waals surface area contributed by atoms with Crippen molar-refractivity contribution in [1.29, 1.82) is 0 Å². The topological polar surface area (TPSA) is 48.8 Å². The summed E-state index contributed by atoms with van der Waals surface area (Å²) in [7, 11) is -0.418. The first-order chi connectivity index (χ1) is 9.39. The van der Waals surface area contributed by atoms with Crippen LogP contribution in [0.15, 0.2) is 37.0 Å². The molecule has 0 amide bonds. The van der Waals surface area contributed by atoms with Crippen molar-refractivity contribution in [3.63, 3.8) is 0 Å². The van der Waals surface area contributed by atoms with Crippen molar-refractivity contribution in [2.45, 2.75) is 38.9 Å². The lowest BCUT2D eigenvalue weighted by atomic mass is 9.82. The summed E-state index contributed by atoms with van der Waals surface area (Å²) >= 11 is 0. The summed E-state index contributed by atoms with van der Waals surface area (Å²) in [5.41, 5.74) is 0.142. The zero-order chi connectivity index (χ0) is 14.4. The van der Waals surface area contributed by atoms with Crippen LogP contribution in [0.5, 0.6) is 0 Å². The summed E-state index contributed by atoms with van der Waals surface area (Å²) in [5, 5.41) is 5.76. The molecule has 0 radical (unpaired) electrons. The molecule has 6 nitrogen and oxygen atoms in total. The summed E-state index contributed by atoms with van der Waals surface area (Å²) in [5.74, 6) is 0. The molecule has 1 fully saturated rings. The Kier molecular flexibility index (Phi) is 2.91. The monoisotopic (exact) mass is 275 g/mol. The van der Waals surface area contributed by atoms with E-state index in [0.717, 1.165) is 5.46 Å². The fourth-order valence-electron chi connectivity index (χ4n) is 1.95. The number of aromatic nitrogens is 2. The van der Waals surface area contributed by atoms with Gasteiger partial charge in [0.1, 0.15) is 6.26 Å². The molecule has 3 rings (SSSR count). The molecular weight excluding hydrogens is 257 g/mol. The third kappa shape index (κ3) is 2.12. The zero-order valence-corrected chi connectivity index (χ0v) is 12.1. The van der Waals surface area contributed by atoms with E-state index in [0.29, 0.717) is 0 Å². The van der Waals surface area contributed by atoms with Crippen LogP contribution in [-0.4, -0.2) is 28.2 Å². The largest absolute Gasteiger partial charge is 0.498 e. The van der Waals surface area contributed by atoms with Crippen LogP contribution in [0.3, 0.4) is 0 Å². The van der Waals surface area contributed by atoms with Crippen LogP contribution < -0.4 is 10.6 Å². The van der Waals surface area contributed by atoms with Gasteiger partial charge in [-0.2, -0.15) is 5.10 Å². The third-order valence-corrected chi connectivity index (χ3v) is 3.89. The molecule has 1 aromatic rings. The Morgan fingerprint density at radius 2 is 1.80 bits per heavy atom. The summed E-state index contributed by atoms with van der Waals surface area (Å²) in [6, 6.07) is 0. The summed E-state index contributed by atoms with van der Waals surface area (Å²) < 4.78 is 12.0. The van der Waals surface area contributed by atoms with Crippen molar-refractivity contribution in [3.8, 4) is 0 Å². The van der Waals surface area contributed by atoms with E-state index in [1.165, 1.54) is 5.17 Å². The summed E-state index contributed by atoms with van der Waals surface area (Å²) in [6.45, 7) is 8.11. The molecule has 0 spiro atoms. The molecule has 2 aliphatic rings. The second-order valence-electron chi connectivity index (χ2n) is 5.86. The number of hydrogen-bond donors (Lipinski definition) is 0. The summed E-state index contributed by atoms with van der Waals surface area (Å²) in [6.07, 6.45) is 10.6. The molecule has 0 unspecified atom stereocenters. The van der Waals surface area contributed by atoms with E-state index in [1.54, 1.807) is 29.5 Å². The maximum Gasteiger partial charge on any atom is 0.498 e. The number of hydroxylamine groups is 1. The molecule has 106 valence electrons. The maximum atomic E-state index is 5.98. The Bertz CT molecular complexity index is 549. The van der Waals surface area contributed by atoms with Crippen molar-refractivity contribution >= 4 is 12.6 Å². The second-order valence-corrected chi connectivity index (χ2v) is 5.86. The fraction of sp³-hybridized carbons (Fsp3) is 0.462. The van der Waals surface area contributed by atoms with Gasteiger partial charge in [0.05, 0.1) is 29.8 Å². The molecule has 0 bridgehead atoms. The number of nitrogens with zero attached hydrogens (tertiary/aromatic N) is 3. The fourth-order valence-corrected chi connectivity index (χ4v) is 1.95. The average Bonchev–Trinajstić information content (AvgIpc) is 2.94. The lowest BCUT2D eigenvalue weighted by Gasteiger charge is -2.32. The molecule has 0 N–H and O–H groups in total. The van der Waals surface area contributed by atoms with Crippen LogP contribution in [0.2, 0.25) is 0 Å². The first-order valence-corrected chi connectivity index (χ1v) is 6.59. The smallest absolute Gasteiger partial charge is 0.399 e. The molecule has 1 saturated heterocycles. The van der Waals surface area contributed by atoms with Gasteiger partial charge in [0.15, 0.2) is 0 Å². The van der Waals surface area contributed by atoms with Crippen molar-refractivity contribution < 1.29 is 14.1 Å². The van der Waals surface area contributed by atoms with Crippen LogP contribution in [0, 0.1) is 0 Å². The van der Waals surface area contributed by atoms with Gasteiger partial charge in [-0.05, 0) is 39.8 Å². The van der Waals surface area contributed by atoms with Gasteiger partial charge >= 0.3 is 7.12 Å². The normalized spacial score (nSPS) is 23.2. The third-order valence-electron chi connectivity index (χ3n) is 3.89. The average molecular weight is 275 g/mol. The van der Waals surface area contributed by atoms with Crippen LogP contribution in [-0.2, 0) is 14.1 Å². The van der Waals surface area contributed by atoms with Gasteiger partial charge < -0.3 is 14.1 Å². The van der Waals surface area contributed by atoms with E-state index in [-0.39, 0.29) is 11.2 Å². The highest BCUT2D eigenvalue weighted by Gasteiger charge is 2.52. The van der Waals surface area contributed by atoms with Crippen LogP contribution in [0.1, 0.15) is 27.7 Å². The van der Waals surface area contributed by atoms with E-state index in [9.17, 15) is 0 Å². The predicted molar refractivity (Wildman–Crippen MR) is 75.5 cm³/mol. The maximum absolute atomic E-state index is 5.98. The van der Waals surface area contributed by atoms with E-state index in [2.05, 4.69) is 5.10 Å². The quantitative estimate of drug-likeness (QED) is 0.756. The standard InChI is InChI=1S/C13H18BN3O3/c1-12(2)13(3,4)20-14(19-12)11-9-15-16(10-11)17-7-5-6-8-18-17/h5-10H,1-4H3. The number of hydrogen-bond acceptors (Lipinski definition) is 5. The molecule has 3 heterocycles. The Hall–Kier alpha value is -1.73. The van der Waals surface area contributed by atoms with Crippen molar-refractivity contribution in [2.75, 3.05) is 5.17 Å². The van der Waals surface area contributed by atoms with Gasteiger partial charge in [0.25, 0.3) is 0 Å². The van der Waals surface area contributed by atoms with Gasteiger partial charge in [0, 0.05) is 5.46 Å². The minimum absolute atomic E-state index is 0.357. The Morgan fingerprint density at radius 3 is 2.40 bits per heavy atom. The van der Waals surface area contributed by atoms with Crippen LogP contribution in [0.25, 0.3) is 0 Å². The molecule has 20 heavy (non-hydrogen) atoms. The molecular formula is C13H18BN3O3. The number of allylic oxidation sites excluding steroid dienone is 2. The molecule has 1 aromatic heterocycles. The van der Waals surface area contributed by atoms with Gasteiger partial charge in [-0.3, -0.25) is 0 Å². The highest BCUT2D eigenvalue weighted by molar-refractivity contribution is 6.62. The minimum Gasteiger partial charge on any atom is -0.399 e. The molecule has 7 heteroatoms. The lowest BCUT2D eigenvalue weighted by Crippen LogP contribution is -2.41. The highest BCUT2D eigenvalue weighted by Crippen LogP contribution is 2.36. The SMILES string of the molecule is CC1(C)OB(c2cnn(N3C=CC=CO3)c2)OC1(C)C. The molecule has 0 saturated carbocycles. The Morgan fingerprint density at radius 1 is 1.10 bits per heavy atom. The van der Waals surface area contributed by atoms with Crippen molar-refractivity contribution in [2.24, 2.45) is 0 Å². The molecule has 0 atom stereocenters. The second kappa shape index (κ2) is 4.39. The van der Waals surface area contributed by atoms with Crippen LogP contribution >= 0.6 is 0 Å². The summed E-state index contributed by atoms with van der Waals surface area (Å²) in [4.78, 5) is 6.89. The van der Waals surface area contributed by atoms with Gasteiger partial charge in [0.2, 0.25) is 0 Å². The van der Waals surface area contributed by atoms with E-state index in [1.807, 2.05) is 40.0 Å². The van der Waals surface area contributed by atoms with Crippen LogP contribution in [0.4, 0.5) is 0 Å². The first kappa shape index (κ1) is 13.3. The molecule has 0 aromatic carbocycles. The highest BCUT2D eigenvalue weighted by atomic mass is 16.7. The van der Waals surface area contributed by atoms with Gasteiger partial charge in [-0.15, -0.1) is 9.96 Å². The predicted octanol–water partition coefficient (Wildman–Crippen LogP) is 1.09. The van der Waals surface area contributed by atoms with E-state index < -0.39 is 7.12 Å². The Balaban J connectivity index is 1.78. The van der Waals surface area contributed by atoms with Gasteiger partial charge in [-0.1, -0.05) is 0 Å². The van der Waals surface area contributed by atoms with E-state index >= 15 is 0 Å². The zero-order valence-electron chi connectivity index (χ0n) is 12.1. The molecule has 0 aliphatic carbocycles. The van der Waals surface area contributed by atoms with Crippen molar-refractivity contribution in [1.82, 2.24) is 9.89 Å². The van der Waals surface area contributed by atoms with Crippen molar-refractivity contribution in [3.05, 3.63) is 37.0 Å². The Labute approximate surface area is 118 Å².